The molecule has 7 nitrogen and oxygen atoms in total. The molecule has 0 atom stereocenters. The molecule has 0 saturated carbocycles. The molecule has 0 radical (unpaired) electrons. The number of rotatable bonds is 6. The molecule has 1 N–H and O–H groups in total. The van der Waals surface area contributed by atoms with Crippen LogP contribution in [0.2, 0.25) is 5.02 Å². The number of amides is 1. The van der Waals surface area contributed by atoms with Gasteiger partial charge in [-0.2, -0.15) is 10.4 Å². The molecule has 1 aliphatic rings. The van der Waals surface area contributed by atoms with Gasteiger partial charge in [-0.05, 0) is 56.7 Å². The summed E-state index contributed by atoms with van der Waals surface area (Å²) in [5, 5.41) is 17.9. The third-order valence-electron chi connectivity index (χ3n) is 5.73. The van der Waals surface area contributed by atoms with Crippen LogP contribution in [0.1, 0.15) is 56.2 Å². The number of carbonyl (C=O) groups excluding carboxylic acids is 2. The number of halogens is 1. The SMILES string of the molecule is Cc1nn(Cc2ccccc2Cl)c(C)c1C(=O)OCC(=O)Nc1sc2c(c1C#N)CCCC2. The number of aryl methyl sites for hydroxylation is 2. The Morgan fingerprint density at radius 2 is 2.03 bits per heavy atom. The Balaban J connectivity index is 1.42. The molecule has 2 aromatic heterocycles. The Morgan fingerprint density at radius 3 is 2.79 bits per heavy atom. The van der Waals surface area contributed by atoms with Crippen molar-refractivity contribution in [1.29, 1.82) is 5.26 Å². The van der Waals surface area contributed by atoms with E-state index in [4.69, 9.17) is 16.3 Å². The van der Waals surface area contributed by atoms with Gasteiger partial charge < -0.3 is 10.1 Å². The predicted octanol–water partition coefficient (Wildman–Crippen LogP) is 4.81. The van der Waals surface area contributed by atoms with Crippen LogP contribution in [0.25, 0.3) is 0 Å². The van der Waals surface area contributed by atoms with Crippen LogP contribution in [-0.2, 0) is 28.9 Å². The van der Waals surface area contributed by atoms with Gasteiger partial charge in [-0.15, -0.1) is 11.3 Å². The van der Waals surface area contributed by atoms with E-state index in [2.05, 4.69) is 16.5 Å². The summed E-state index contributed by atoms with van der Waals surface area (Å²) < 4.78 is 6.97. The van der Waals surface area contributed by atoms with Crippen molar-refractivity contribution in [3.8, 4) is 6.07 Å². The highest BCUT2D eigenvalue weighted by atomic mass is 35.5. The van der Waals surface area contributed by atoms with E-state index in [-0.39, 0.29) is 0 Å². The van der Waals surface area contributed by atoms with Crippen molar-refractivity contribution >= 4 is 39.8 Å². The number of nitrogens with zero attached hydrogens (tertiary/aromatic N) is 3. The predicted molar refractivity (Wildman–Crippen MR) is 127 cm³/mol. The number of nitrogens with one attached hydrogen (secondary N) is 1. The van der Waals surface area contributed by atoms with E-state index in [0.29, 0.717) is 39.1 Å². The second kappa shape index (κ2) is 9.77. The summed E-state index contributed by atoms with van der Waals surface area (Å²) in [4.78, 5) is 26.3. The normalized spacial score (nSPS) is 12.7. The van der Waals surface area contributed by atoms with Gasteiger partial charge in [0.05, 0.1) is 23.5 Å². The molecule has 0 bridgehead atoms. The number of aromatic nitrogens is 2. The number of ether oxygens (including phenoxy) is 1. The Morgan fingerprint density at radius 1 is 1.27 bits per heavy atom. The Kier molecular flexibility index (Phi) is 6.82. The number of hydrogen-bond donors (Lipinski definition) is 1. The van der Waals surface area contributed by atoms with E-state index >= 15 is 0 Å². The van der Waals surface area contributed by atoms with Gasteiger partial charge in [0.1, 0.15) is 16.6 Å². The van der Waals surface area contributed by atoms with Crippen LogP contribution in [0, 0.1) is 25.2 Å². The molecule has 0 spiro atoms. The fraction of sp³-hybridized carbons (Fsp3) is 0.333. The molecule has 170 valence electrons. The zero-order chi connectivity index (χ0) is 23.5. The average Bonchev–Trinajstić information content (AvgIpc) is 3.29. The van der Waals surface area contributed by atoms with E-state index in [1.54, 1.807) is 24.6 Å². The summed E-state index contributed by atoms with van der Waals surface area (Å²) in [6, 6.07) is 9.66. The van der Waals surface area contributed by atoms with Gasteiger partial charge in [0.2, 0.25) is 0 Å². The van der Waals surface area contributed by atoms with E-state index < -0.39 is 18.5 Å². The van der Waals surface area contributed by atoms with Crippen molar-refractivity contribution in [3.63, 3.8) is 0 Å². The van der Waals surface area contributed by atoms with E-state index in [0.717, 1.165) is 41.7 Å². The van der Waals surface area contributed by atoms with Crippen molar-refractivity contribution in [2.75, 3.05) is 11.9 Å². The number of hydrogen-bond acceptors (Lipinski definition) is 6. The number of nitriles is 1. The smallest absolute Gasteiger partial charge is 0.342 e. The third-order valence-corrected chi connectivity index (χ3v) is 7.31. The number of anilines is 1. The van der Waals surface area contributed by atoms with Gasteiger partial charge in [0, 0.05) is 9.90 Å². The average molecular weight is 483 g/mol. The van der Waals surface area contributed by atoms with Gasteiger partial charge in [0.15, 0.2) is 6.61 Å². The quantitative estimate of drug-likeness (QED) is 0.508. The maximum atomic E-state index is 12.7. The molecule has 0 fully saturated rings. The molecule has 0 saturated heterocycles. The second-order valence-electron chi connectivity index (χ2n) is 7.95. The number of fused-ring (bicyclic) bond motifs is 1. The highest BCUT2D eigenvalue weighted by Gasteiger charge is 2.24. The second-order valence-corrected chi connectivity index (χ2v) is 9.46. The highest BCUT2D eigenvalue weighted by molar-refractivity contribution is 7.16. The van der Waals surface area contributed by atoms with Gasteiger partial charge in [0.25, 0.3) is 5.91 Å². The van der Waals surface area contributed by atoms with Gasteiger partial charge >= 0.3 is 5.97 Å². The van der Waals surface area contributed by atoms with Crippen LogP contribution < -0.4 is 5.32 Å². The first-order valence-electron chi connectivity index (χ1n) is 10.7. The number of carbonyl (C=O) groups is 2. The van der Waals surface area contributed by atoms with Crippen molar-refractivity contribution in [2.24, 2.45) is 0 Å². The standard InChI is InChI=1S/C24H23ClN4O3S/c1-14-22(15(2)29(28-14)12-16-7-3-5-9-19(16)25)24(31)32-13-21(30)27-23-18(11-26)17-8-4-6-10-20(17)33-23/h3,5,7,9H,4,6,8,10,12-13H2,1-2H3,(H,27,30). The molecular formula is C24H23ClN4O3S. The van der Waals surface area contributed by atoms with Crippen molar-refractivity contribution in [1.82, 2.24) is 9.78 Å². The van der Waals surface area contributed by atoms with Crippen LogP contribution in [0.3, 0.4) is 0 Å². The van der Waals surface area contributed by atoms with Gasteiger partial charge in [-0.1, -0.05) is 29.8 Å². The van der Waals surface area contributed by atoms with Crippen molar-refractivity contribution in [3.05, 3.63) is 67.8 Å². The maximum absolute atomic E-state index is 12.7. The lowest BCUT2D eigenvalue weighted by Gasteiger charge is -2.09. The summed E-state index contributed by atoms with van der Waals surface area (Å²) in [6.07, 6.45) is 3.92. The number of thiophene rings is 1. The molecule has 1 aliphatic carbocycles. The number of benzene rings is 1. The molecule has 1 amide bonds. The minimum absolute atomic E-state index is 0.333. The van der Waals surface area contributed by atoms with Crippen LogP contribution in [-0.4, -0.2) is 28.3 Å². The molecule has 4 rings (SSSR count). The van der Waals surface area contributed by atoms with Crippen molar-refractivity contribution < 1.29 is 14.3 Å². The molecule has 33 heavy (non-hydrogen) atoms. The van der Waals surface area contributed by atoms with Crippen molar-refractivity contribution in [2.45, 2.75) is 46.1 Å². The highest BCUT2D eigenvalue weighted by Crippen LogP contribution is 2.37. The number of esters is 1. The minimum Gasteiger partial charge on any atom is -0.452 e. The molecule has 9 heteroatoms. The van der Waals surface area contributed by atoms with Crippen LogP contribution in [0.4, 0.5) is 5.00 Å². The lowest BCUT2D eigenvalue weighted by Crippen LogP contribution is -2.21. The van der Waals surface area contributed by atoms with E-state index in [1.807, 2.05) is 18.2 Å². The first-order chi connectivity index (χ1) is 15.9. The zero-order valence-corrected chi connectivity index (χ0v) is 20.0. The molecular weight excluding hydrogens is 460 g/mol. The fourth-order valence-corrected chi connectivity index (χ4v) is 5.52. The van der Waals surface area contributed by atoms with Gasteiger partial charge in [-0.25, -0.2) is 4.79 Å². The van der Waals surface area contributed by atoms with Crippen LogP contribution >= 0.6 is 22.9 Å². The summed E-state index contributed by atoms with van der Waals surface area (Å²) in [7, 11) is 0. The largest absolute Gasteiger partial charge is 0.452 e. The molecule has 3 aromatic rings. The lowest BCUT2D eigenvalue weighted by molar-refractivity contribution is -0.119. The summed E-state index contributed by atoms with van der Waals surface area (Å²) in [6.45, 7) is 3.48. The maximum Gasteiger partial charge on any atom is 0.342 e. The molecule has 0 aliphatic heterocycles. The van der Waals surface area contributed by atoms with E-state index in [9.17, 15) is 14.9 Å². The minimum atomic E-state index is -0.614. The molecule has 1 aromatic carbocycles. The Bertz CT molecular complexity index is 1270. The van der Waals surface area contributed by atoms with Crippen LogP contribution in [0.15, 0.2) is 24.3 Å². The Labute approximate surface area is 200 Å². The Hall–Kier alpha value is -3.15. The molecule has 0 unspecified atom stereocenters. The van der Waals surface area contributed by atoms with Gasteiger partial charge in [-0.3, -0.25) is 9.48 Å². The monoisotopic (exact) mass is 482 g/mol. The summed E-state index contributed by atoms with van der Waals surface area (Å²) >= 11 is 7.68. The topological polar surface area (TPSA) is 97.0 Å². The first kappa shape index (κ1) is 23.0. The zero-order valence-electron chi connectivity index (χ0n) is 18.4. The third kappa shape index (κ3) is 4.80. The fourth-order valence-electron chi connectivity index (χ4n) is 4.07. The lowest BCUT2D eigenvalue weighted by atomic mass is 9.96. The summed E-state index contributed by atoms with van der Waals surface area (Å²) in [5.41, 5.74) is 3.94. The molecule has 2 heterocycles. The van der Waals surface area contributed by atoms with E-state index in [1.165, 1.54) is 11.3 Å². The summed E-state index contributed by atoms with van der Waals surface area (Å²) in [5.74, 6) is -1.09. The first-order valence-corrected chi connectivity index (χ1v) is 11.9. The van der Waals surface area contributed by atoms with Crippen LogP contribution in [0.5, 0.6) is 0 Å².